The van der Waals surface area contributed by atoms with Gasteiger partial charge in [0.05, 0.1) is 12.1 Å². The third-order valence-electron chi connectivity index (χ3n) is 4.50. The zero-order valence-corrected chi connectivity index (χ0v) is 14.5. The van der Waals surface area contributed by atoms with Crippen LogP contribution in [0.15, 0.2) is 22.7 Å². The molecule has 0 aromatic carbocycles. The smallest absolute Gasteiger partial charge is 0.224 e. The third kappa shape index (κ3) is 3.75. The van der Waals surface area contributed by atoms with Crippen molar-refractivity contribution in [1.82, 2.24) is 15.5 Å². The summed E-state index contributed by atoms with van der Waals surface area (Å²) in [7, 11) is 0. The molecule has 0 unspecified atom stereocenters. The molecule has 1 saturated heterocycles. The monoisotopic (exact) mass is 328 g/mol. The molecule has 1 amide bonds. The van der Waals surface area contributed by atoms with E-state index in [4.69, 9.17) is 4.52 Å². The molecule has 1 aliphatic rings. The second-order valence-corrected chi connectivity index (χ2v) is 6.47. The van der Waals surface area contributed by atoms with Crippen molar-refractivity contribution < 1.29 is 9.32 Å². The molecule has 0 bridgehead atoms. The van der Waals surface area contributed by atoms with E-state index >= 15 is 0 Å². The summed E-state index contributed by atoms with van der Waals surface area (Å²) in [6.45, 7) is 7.48. The Balaban J connectivity index is 1.60. The van der Waals surface area contributed by atoms with Gasteiger partial charge in [-0.2, -0.15) is 0 Å². The lowest BCUT2D eigenvalue weighted by atomic mass is 10.0. The Kier molecular flexibility index (Phi) is 4.83. The number of aryl methyl sites for hydroxylation is 3. The molecule has 3 rings (SSSR count). The lowest BCUT2D eigenvalue weighted by Crippen LogP contribution is -2.48. The Morgan fingerprint density at radius 2 is 2.21 bits per heavy atom. The largest absolute Gasteiger partial charge is 0.361 e. The van der Waals surface area contributed by atoms with Gasteiger partial charge in [-0.25, -0.2) is 4.98 Å². The molecule has 2 aromatic heterocycles. The van der Waals surface area contributed by atoms with Gasteiger partial charge in [0, 0.05) is 30.4 Å². The van der Waals surface area contributed by atoms with Crippen molar-refractivity contribution in [3.63, 3.8) is 0 Å². The molecule has 1 atom stereocenters. The van der Waals surface area contributed by atoms with Crippen LogP contribution in [0.25, 0.3) is 0 Å². The average Bonchev–Trinajstić information content (AvgIpc) is 2.87. The molecule has 24 heavy (non-hydrogen) atoms. The normalized spacial score (nSPS) is 17.8. The van der Waals surface area contributed by atoms with Gasteiger partial charge in [-0.3, -0.25) is 4.79 Å². The topological polar surface area (TPSA) is 71.3 Å². The zero-order valence-electron chi connectivity index (χ0n) is 14.5. The van der Waals surface area contributed by atoms with E-state index in [9.17, 15) is 4.79 Å². The Morgan fingerprint density at radius 1 is 1.38 bits per heavy atom. The van der Waals surface area contributed by atoms with Crippen LogP contribution in [0.2, 0.25) is 0 Å². The fourth-order valence-electron chi connectivity index (χ4n) is 3.20. The van der Waals surface area contributed by atoms with E-state index < -0.39 is 0 Å². The van der Waals surface area contributed by atoms with Gasteiger partial charge in [-0.15, -0.1) is 0 Å². The van der Waals surface area contributed by atoms with Crippen molar-refractivity contribution in [2.24, 2.45) is 0 Å². The second kappa shape index (κ2) is 7.03. The number of carbonyl (C=O) groups is 1. The molecule has 0 saturated carbocycles. The first-order chi connectivity index (χ1) is 11.5. The number of hydrogen-bond acceptors (Lipinski definition) is 5. The minimum atomic E-state index is 0.0217. The molecule has 2 aromatic rings. The van der Waals surface area contributed by atoms with Crippen LogP contribution in [0.4, 0.5) is 5.82 Å². The van der Waals surface area contributed by atoms with Gasteiger partial charge >= 0.3 is 0 Å². The number of piperidine rings is 1. The number of anilines is 1. The molecule has 6 nitrogen and oxygen atoms in total. The third-order valence-corrected chi connectivity index (χ3v) is 4.50. The number of amides is 1. The fraction of sp³-hybridized carbons (Fsp3) is 0.500. The van der Waals surface area contributed by atoms with Crippen LogP contribution in [-0.2, 0) is 11.2 Å². The highest BCUT2D eigenvalue weighted by molar-refractivity contribution is 5.79. The van der Waals surface area contributed by atoms with E-state index in [2.05, 4.69) is 20.4 Å². The zero-order chi connectivity index (χ0) is 17.1. The Hall–Kier alpha value is -2.37. The maximum absolute atomic E-state index is 12.4. The van der Waals surface area contributed by atoms with E-state index in [1.54, 1.807) is 0 Å². The fourth-order valence-corrected chi connectivity index (χ4v) is 3.20. The summed E-state index contributed by atoms with van der Waals surface area (Å²) in [5, 5.41) is 7.05. The van der Waals surface area contributed by atoms with Gasteiger partial charge < -0.3 is 14.7 Å². The maximum Gasteiger partial charge on any atom is 0.224 e. The molecule has 0 radical (unpaired) electrons. The molecule has 0 aliphatic carbocycles. The van der Waals surface area contributed by atoms with E-state index in [1.165, 1.54) is 0 Å². The summed E-state index contributed by atoms with van der Waals surface area (Å²) in [5.41, 5.74) is 2.69. The van der Waals surface area contributed by atoms with Gasteiger partial charge in [0.15, 0.2) is 0 Å². The highest BCUT2D eigenvalue weighted by Gasteiger charge is 2.23. The predicted octanol–water partition coefficient (Wildman–Crippen LogP) is 2.32. The number of aromatic nitrogens is 2. The van der Waals surface area contributed by atoms with Gasteiger partial charge in [-0.05, 0) is 45.7 Å². The van der Waals surface area contributed by atoms with Crippen LogP contribution >= 0.6 is 0 Å². The van der Waals surface area contributed by atoms with Crippen LogP contribution in [0.5, 0.6) is 0 Å². The summed E-state index contributed by atoms with van der Waals surface area (Å²) in [4.78, 5) is 19.2. The van der Waals surface area contributed by atoms with Gasteiger partial charge in [0.2, 0.25) is 5.91 Å². The standard InChI is InChI=1S/C18H24N4O2/c1-12-6-4-8-17(19-12)22-9-5-7-15(11-22)20-18(23)10-16-13(2)21-24-14(16)3/h4,6,8,15H,5,7,9-11H2,1-3H3,(H,20,23)/t15-/m0/s1. The summed E-state index contributed by atoms with van der Waals surface area (Å²) in [6.07, 6.45) is 2.36. The quantitative estimate of drug-likeness (QED) is 0.932. The maximum atomic E-state index is 12.4. The number of rotatable bonds is 4. The van der Waals surface area contributed by atoms with Gasteiger partial charge in [0.25, 0.3) is 0 Å². The van der Waals surface area contributed by atoms with Crippen LogP contribution in [0, 0.1) is 20.8 Å². The van der Waals surface area contributed by atoms with Crippen molar-refractivity contribution in [1.29, 1.82) is 0 Å². The highest BCUT2D eigenvalue weighted by atomic mass is 16.5. The molecular formula is C18H24N4O2. The van der Waals surface area contributed by atoms with E-state index in [0.29, 0.717) is 6.42 Å². The first-order valence-corrected chi connectivity index (χ1v) is 8.42. The average molecular weight is 328 g/mol. The van der Waals surface area contributed by atoms with Crippen LogP contribution in [0.1, 0.15) is 35.6 Å². The summed E-state index contributed by atoms with van der Waals surface area (Å²) in [6, 6.07) is 6.20. The first kappa shape index (κ1) is 16.5. The van der Waals surface area contributed by atoms with E-state index in [0.717, 1.165) is 54.5 Å². The number of pyridine rings is 1. The van der Waals surface area contributed by atoms with Crippen molar-refractivity contribution in [2.45, 2.75) is 46.1 Å². The van der Waals surface area contributed by atoms with Crippen LogP contribution in [0.3, 0.4) is 0 Å². The number of nitrogens with zero attached hydrogens (tertiary/aromatic N) is 3. The molecule has 6 heteroatoms. The van der Waals surface area contributed by atoms with Crippen LogP contribution < -0.4 is 10.2 Å². The minimum absolute atomic E-state index is 0.0217. The van der Waals surface area contributed by atoms with E-state index in [-0.39, 0.29) is 11.9 Å². The summed E-state index contributed by atoms with van der Waals surface area (Å²) < 4.78 is 5.13. The summed E-state index contributed by atoms with van der Waals surface area (Å²) >= 11 is 0. The Morgan fingerprint density at radius 3 is 2.92 bits per heavy atom. The highest BCUT2D eigenvalue weighted by Crippen LogP contribution is 2.19. The lowest BCUT2D eigenvalue weighted by Gasteiger charge is -2.34. The summed E-state index contributed by atoms with van der Waals surface area (Å²) in [5.74, 6) is 1.73. The molecule has 1 aliphatic heterocycles. The molecular weight excluding hydrogens is 304 g/mol. The minimum Gasteiger partial charge on any atom is -0.361 e. The van der Waals surface area contributed by atoms with Crippen LogP contribution in [-0.4, -0.2) is 35.2 Å². The van der Waals surface area contributed by atoms with Gasteiger partial charge in [-0.1, -0.05) is 11.2 Å². The SMILES string of the molecule is Cc1cccc(N2CCC[C@H](NC(=O)Cc3c(C)noc3C)C2)n1. The van der Waals surface area contributed by atoms with Crippen molar-refractivity contribution in [2.75, 3.05) is 18.0 Å². The van der Waals surface area contributed by atoms with Crippen molar-refractivity contribution >= 4 is 11.7 Å². The molecule has 1 fully saturated rings. The predicted molar refractivity (Wildman–Crippen MR) is 92.0 cm³/mol. The number of nitrogens with one attached hydrogen (secondary N) is 1. The first-order valence-electron chi connectivity index (χ1n) is 8.42. The van der Waals surface area contributed by atoms with Crippen molar-refractivity contribution in [3.8, 4) is 0 Å². The molecule has 128 valence electrons. The Bertz CT molecular complexity index is 706. The molecule has 1 N–H and O–H groups in total. The number of hydrogen-bond donors (Lipinski definition) is 1. The molecule has 0 spiro atoms. The van der Waals surface area contributed by atoms with E-state index in [1.807, 2.05) is 39.0 Å². The molecule has 3 heterocycles. The van der Waals surface area contributed by atoms with Gasteiger partial charge in [0.1, 0.15) is 11.6 Å². The lowest BCUT2D eigenvalue weighted by molar-refractivity contribution is -0.121. The second-order valence-electron chi connectivity index (χ2n) is 6.47. The van der Waals surface area contributed by atoms with Crippen molar-refractivity contribution in [3.05, 3.63) is 40.9 Å². The number of carbonyl (C=O) groups excluding carboxylic acids is 1. The Labute approximate surface area is 142 Å².